The Morgan fingerprint density at radius 2 is 2.04 bits per heavy atom. The fraction of sp³-hybridized carbons (Fsp3) is 0.556. The van der Waals surface area contributed by atoms with E-state index >= 15 is 0 Å². The van der Waals surface area contributed by atoms with Gasteiger partial charge in [-0.25, -0.2) is 4.79 Å². The Morgan fingerprint density at radius 1 is 1.31 bits per heavy atom. The van der Waals surface area contributed by atoms with Gasteiger partial charge in [-0.15, -0.1) is 0 Å². The third kappa shape index (κ3) is 4.71. The molecule has 8 heteroatoms. The van der Waals surface area contributed by atoms with Gasteiger partial charge in [0.1, 0.15) is 0 Å². The number of non-ortho nitro benzene ring substituents is 1. The lowest BCUT2D eigenvalue weighted by molar-refractivity contribution is -0.384. The van der Waals surface area contributed by atoms with Gasteiger partial charge in [0.25, 0.3) is 11.6 Å². The van der Waals surface area contributed by atoms with E-state index in [1.165, 1.54) is 12.1 Å². The van der Waals surface area contributed by atoms with Crippen LogP contribution in [0.2, 0.25) is 0 Å². The molecule has 1 amide bonds. The number of carbonyl (C=O) groups excluding carboxylic acids is 2. The van der Waals surface area contributed by atoms with Gasteiger partial charge in [-0.1, -0.05) is 26.7 Å². The van der Waals surface area contributed by atoms with Gasteiger partial charge in [-0.2, -0.15) is 0 Å². The van der Waals surface area contributed by atoms with Crippen molar-refractivity contribution in [2.45, 2.75) is 39.2 Å². The van der Waals surface area contributed by atoms with Crippen molar-refractivity contribution < 1.29 is 19.2 Å². The van der Waals surface area contributed by atoms with Gasteiger partial charge in [0.05, 0.1) is 10.5 Å². The van der Waals surface area contributed by atoms with Gasteiger partial charge in [-0.05, 0) is 24.3 Å². The third-order valence-corrected chi connectivity index (χ3v) is 5.09. The van der Waals surface area contributed by atoms with Crippen LogP contribution < -0.4 is 10.6 Å². The van der Waals surface area contributed by atoms with E-state index in [1.807, 2.05) is 0 Å². The molecule has 8 nitrogen and oxygen atoms in total. The standard InChI is InChI=1S/C18H25N3O5/c1-11-5-4-6-15(12(11)2)20-17(22)10-26-18(23)14-9-13(21(24)25)7-8-16(14)19-3/h7-9,11-12,15,19H,4-6,10H2,1-3H3,(H,20,22)/t11-,12+,15+/m0/s1. The first-order valence-electron chi connectivity index (χ1n) is 8.76. The molecular formula is C18H25N3O5. The molecule has 0 saturated heterocycles. The molecule has 1 saturated carbocycles. The lowest BCUT2D eigenvalue weighted by Gasteiger charge is -2.34. The summed E-state index contributed by atoms with van der Waals surface area (Å²) >= 11 is 0. The Bertz CT molecular complexity index is 691. The highest BCUT2D eigenvalue weighted by Gasteiger charge is 2.28. The maximum absolute atomic E-state index is 12.2. The number of nitro groups is 1. The second kappa shape index (κ2) is 8.64. The minimum Gasteiger partial charge on any atom is -0.452 e. The first-order valence-corrected chi connectivity index (χ1v) is 8.76. The molecule has 142 valence electrons. The molecule has 1 aliphatic carbocycles. The Hall–Kier alpha value is -2.64. The third-order valence-electron chi connectivity index (χ3n) is 5.09. The van der Waals surface area contributed by atoms with E-state index in [4.69, 9.17) is 4.74 Å². The molecule has 0 spiro atoms. The summed E-state index contributed by atoms with van der Waals surface area (Å²) in [5.41, 5.74) is 0.204. The number of anilines is 1. The molecule has 3 atom stereocenters. The van der Waals surface area contributed by atoms with E-state index in [0.717, 1.165) is 25.3 Å². The topological polar surface area (TPSA) is 111 Å². The lowest BCUT2D eigenvalue weighted by atomic mass is 9.78. The van der Waals surface area contributed by atoms with Crippen molar-refractivity contribution in [1.29, 1.82) is 0 Å². The van der Waals surface area contributed by atoms with E-state index in [2.05, 4.69) is 24.5 Å². The van der Waals surface area contributed by atoms with E-state index < -0.39 is 17.5 Å². The van der Waals surface area contributed by atoms with Crippen LogP contribution in [0.15, 0.2) is 18.2 Å². The predicted octanol–water partition coefficient (Wildman–Crippen LogP) is 2.73. The number of rotatable bonds is 6. The quantitative estimate of drug-likeness (QED) is 0.457. The molecule has 1 aromatic rings. The SMILES string of the molecule is CNc1ccc([N+](=O)[O-])cc1C(=O)OCC(=O)N[C@@H]1CCC[C@H](C)[C@H]1C. The van der Waals surface area contributed by atoms with Crippen molar-refractivity contribution in [3.63, 3.8) is 0 Å². The number of hydrogen-bond donors (Lipinski definition) is 2. The number of hydrogen-bond acceptors (Lipinski definition) is 6. The molecule has 0 unspecified atom stereocenters. The van der Waals surface area contributed by atoms with Crippen molar-refractivity contribution in [2.75, 3.05) is 19.0 Å². The molecule has 26 heavy (non-hydrogen) atoms. The smallest absolute Gasteiger partial charge is 0.341 e. The zero-order chi connectivity index (χ0) is 19.3. The minimum atomic E-state index is -0.779. The van der Waals surface area contributed by atoms with E-state index in [-0.39, 0.29) is 23.2 Å². The van der Waals surface area contributed by atoms with Gasteiger partial charge >= 0.3 is 5.97 Å². The molecule has 0 bridgehead atoms. The van der Waals surface area contributed by atoms with Crippen LogP contribution in [0.4, 0.5) is 11.4 Å². The maximum Gasteiger partial charge on any atom is 0.341 e. The van der Waals surface area contributed by atoms with Gasteiger partial charge in [0.2, 0.25) is 0 Å². The molecule has 1 aromatic carbocycles. The molecule has 1 aliphatic rings. The van der Waals surface area contributed by atoms with E-state index in [9.17, 15) is 19.7 Å². The van der Waals surface area contributed by atoms with Crippen molar-refractivity contribution in [3.05, 3.63) is 33.9 Å². The summed E-state index contributed by atoms with van der Waals surface area (Å²) in [6.07, 6.45) is 3.14. The molecule has 0 aromatic heterocycles. The van der Waals surface area contributed by atoms with Gasteiger partial charge < -0.3 is 15.4 Å². The molecule has 1 fully saturated rings. The highest BCUT2D eigenvalue weighted by molar-refractivity contribution is 5.97. The second-order valence-corrected chi connectivity index (χ2v) is 6.75. The van der Waals surface area contributed by atoms with Crippen LogP contribution in [-0.2, 0) is 9.53 Å². The zero-order valence-electron chi connectivity index (χ0n) is 15.3. The summed E-state index contributed by atoms with van der Waals surface area (Å²) in [5.74, 6) is -0.227. The van der Waals surface area contributed by atoms with Crippen molar-refractivity contribution >= 4 is 23.3 Å². The van der Waals surface area contributed by atoms with E-state index in [0.29, 0.717) is 17.5 Å². The van der Waals surface area contributed by atoms with Crippen molar-refractivity contribution in [2.24, 2.45) is 11.8 Å². The molecule has 2 N–H and O–H groups in total. The lowest BCUT2D eigenvalue weighted by Crippen LogP contribution is -2.45. The number of nitrogens with zero attached hydrogens (tertiary/aromatic N) is 1. The molecule has 0 aliphatic heterocycles. The first-order chi connectivity index (χ1) is 12.3. The number of nitro benzene ring substituents is 1. The highest BCUT2D eigenvalue weighted by Crippen LogP contribution is 2.29. The largest absolute Gasteiger partial charge is 0.452 e. The number of esters is 1. The first kappa shape index (κ1) is 19.7. The van der Waals surface area contributed by atoms with Crippen LogP contribution in [0.25, 0.3) is 0 Å². The fourth-order valence-electron chi connectivity index (χ4n) is 3.28. The van der Waals surface area contributed by atoms with E-state index in [1.54, 1.807) is 7.05 Å². The summed E-state index contributed by atoms with van der Waals surface area (Å²) in [6, 6.07) is 3.94. The van der Waals surface area contributed by atoms with Gasteiger partial charge in [-0.3, -0.25) is 14.9 Å². The average molecular weight is 363 g/mol. The average Bonchev–Trinajstić information content (AvgIpc) is 2.62. The van der Waals surface area contributed by atoms with Crippen LogP contribution in [-0.4, -0.2) is 36.5 Å². The second-order valence-electron chi connectivity index (χ2n) is 6.75. The number of nitrogens with one attached hydrogen (secondary N) is 2. The predicted molar refractivity (Wildman–Crippen MR) is 97.0 cm³/mol. The molecule has 2 rings (SSSR count). The summed E-state index contributed by atoms with van der Waals surface area (Å²) in [4.78, 5) is 34.7. The normalized spacial score (nSPS) is 22.3. The van der Waals surface area contributed by atoms with Crippen LogP contribution in [0.3, 0.4) is 0 Å². The number of carbonyl (C=O) groups is 2. The summed E-state index contributed by atoms with van der Waals surface area (Å²) in [6.45, 7) is 3.87. The summed E-state index contributed by atoms with van der Waals surface area (Å²) < 4.78 is 5.06. The molecule has 0 radical (unpaired) electrons. The maximum atomic E-state index is 12.2. The fourth-order valence-corrected chi connectivity index (χ4v) is 3.28. The monoisotopic (exact) mass is 363 g/mol. The van der Waals surface area contributed by atoms with Crippen LogP contribution in [0.5, 0.6) is 0 Å². The Labute approximate surface area is 152 Å². The summed E-state index contributed by atoms with van der Waals surface area (Å²) in [5, 5.41) is 16.6. The van der Waals surface area contributed by atoms with Crippen molar-refractivity contribution in [3.8, 4) is 0 Å². The minimum absolute atomic E-state index is 0.0224. The van der Waals surface area contributed by atoms with Gasteiger partial charge in [0, 0.05) is 30.9 Å². The van der Waals surface area contributed by atoms with Crippen LogP contribution in [0, 0.1) is 22.0 Å². The molecule has 0 heterocycles. The Balaban J connectivity index is 1.96. The Morgan fingerprint density at radius 3 is 2.69 bits per heavy atom. The summed E-state index contributed by atoms with van der Waals surface area (Å²) in [7, 11) is 1.59. The zero-order valence-corrected chi connectivity index (χ0v) is 15.3. The van der Waals surface area contributed by atoms with Crippen molar-refractivity contribution in [1.82, 2.24) is 5.32 Å². The van der Waals surface area contributed by atoms with Crippen LogP contribution >= 0.6 is 0 Å². The number of amides is 1. The number of ether oxygens (including phenoxy) is 1. The Kier molecular flexibility index (Phi) is 6.54. The molecular weight excluding hydrogens is 338 g/mol. The van der Waals surface area contributed by atoms with Gasteiger partial charge in [0.15, 0.2) is 6.61 Å². The highest BCUT2D eigenvalue weighted by atomic mass is 16.6. The van der Waals surface area contributed by atoms with Crippen LogP contribution in [0.1, 0.15) is 43.5 Å². The number of benzene rings is 1.